The standard InChI is InChI=1S/C14H16N2O6/c1-4-9(12(17)18)15-10-7-8(16(20)21)5-6-11(10)22-14(2,3)13(15)19/h5-7,9H,4H2,1-3H3,(H,17,18). The summed E-state index contributed by atoms with van der Waals surface area (Å²) in [6, 6.07) is 2.68. The van der Waals surface area contributed by atoms with Crippen molar-refractivity contribution >= 4 is 23.3 Å². The monoisotopic (exact) mass is 308 g/mol. The van der Waals surface area contributed by atoms with Gasteiger partial charge in [0.05, 0.1) is 10.6 Å². The molecule has 1 heterocycles. The molecule has 8 heteroatoms. The number of amides is 1. The largest absolute Gasteiger partial charge is 0.480 e. The zero-order chi connectivity index (χ0) is 16.7. The molecule has 118 valence electrons. The average molecular weight is 308 g/mol. The first-order chi connectivity index (χ1) is 10.2. The van der Waals surface area contributed by atoms with Crippen LogP contribution in [0, 0.1) is 10.1 Å². The molecule has 0 saturated heterocycles. The van der Waals surface area contributed by atoms with E-state index in [4.69, 9.17) is 4.74 Å². The fraction of sp³-hybridized carbons (Fsp3) is 0.429. The normalized spacial score (nSPS) is 17.4. The quantitative estimate of drug-likeness (QED) is 0.672. The molecule has 1 aliphatic rings. The van der Waals surface area contributed by atoms with Gasteiger partial charge in [-0.25, -0.2) is 4.79 Å². The maximum atomic E-state index is 12.6. The molecule has 0 bridgehead atoms. The Kier molecular flexibility index (Phi) is 3.78. The van der Waals surface area contributed by atoms with Gasteiger partial charge in [-0.1, -0.05) is 6.92 Å². The van der Waals surface area contributed by atoms with Gasteiger partial charge in [0.2, 0.25) is 0 Å². The Morgan fingerprint density at radius 2 is 2.14 bits per heavy atom. The van der Waals surface area contributed by atoms with E-state index < -0.39 is 28.4 Å². The number of rotatable bonds is 4. The average Bonchev–Trinajstić information content (AvgIpc) is 2.42. The van der Waals surface area contributed by atoms with E-state index in [0.29, 0.717) is 0 Å². The number of non-ortho nitro benzene ring substituents is 1. The van der Waals surface area contributed by atoms with Crippen molar-refractivity contribution in [2.75, 3.05) is 4.90 Å². The molecule has 2 rings (SSSR count). The number of nitro groups is 1. The number of anilines is 1. The highest BCUT2D eigenvalue weighted by atomic mass is 16.6. The fourth-order valence-corrected chi connectivity index (χ4v) is 2.39. The number of benzene rings is 1. The number of aliphatic carboxylic acids is 1. The molecule has 1 unspecified atom stereocenters. The van der Waals surface area contributed by atoms with E-state index in [1.165, 1.54) is 26.0 Å². The summed E-state index contributed by atoms with van der Waals surface area (Å²) in [5, 5.41) is 20.3. The van der Waals surface area contributed by atoms with Crippen molar-refractivity contribution in [3.8, 4) is 5.75 Å². The van der Waals surface area contributed by atoms with Gasteiger partial charge in [0.15, 0.2) is 5.60 Å². The Bertz CT molecular complexity index is 655. The van der Waals surface area contributed by atoms with Gasteiger partial charge in [0, 0.05) is 12.1 Å². The van der Waals surface area contributed by atoms with E-state index in [0.717, 1.165) is 11.0 Å². The molecule has 1 aromatic rings. The van der Waals surface area contributed by atoms with Crippen LogP contribution in [0.25, 0.3) is 0 Å². The maximum Gasteiger partial charge on any atom is 0.326 e. The van der Waals surface area contributed by atoms with Crippen molar-refractivity contribution in [3.63, 3.8) is 0 Å². The minimum absolute atomic E-state index is 0.104. The molecule has 1 atom stereocenters. The van der Waals surface area contributed by atoms with Crippen molar-refractivity contribution in [2.24, 2.45) is 0 Å². The molecule has 1 aliphatic heterocycles. The van der Waals surface area contributed by atoms with Crippen molar-refractivity contribution in [1.29, 1.82) is 0 Å². The van der Waals surface area contributed by atoms with Gasteiger partial charge in [-0.2, -0.15) is 0 Å². The second kappa shape index (κ2) is 5.28. The minimum Gasteiger partial charge on any atom is -0.480 e. The zero-order valence-electron chi connectivity index (χ0n) is 12.4. The predicted octanol–water partition coefficient (Wildman–Crippen LogP) is 1.96. The molecule has 0 radical (unpaired) electrons. The molecule has 22 heavy (non-hydrogen) atoms. The van der Waals surface area contributed by atoms with E-state index >= 15 is 0 Å². The fourth-order valence-electron chi connectivity index (χ4n) is 2.39. The van der Waals surface area contributed by atoms with Crippen LogP contribution in [0.5, 0.6) is 5.75 Å². The molecule has 1 N–H and O–H groups in total. The number of fused-ring (bicyclic) bond motifs is 1. The summed E-state index contributed by atoms with van der Waals surface area (Å²) in [6.45, 7) is 4.69. The minimum atomic E-state index is -1.24. The van der Waals surface area contributed by atoms with Crippen LogP contribution >= 0.6 is 0 Å². The van der Waals surface area contributed by atoms with Gasteiger partial charge in [-0.3, -0.25) is 19.8 Å². The smallest absolute Gasteiger partial charge is 0.326 e. The van der Waals surface area contributed by atoms with Crippen LogP contribution in [0.1, 0.15) is 27.2 Å². The Labute approximate surface area is 126 Å². The number of carbonyl (C=O) groups excluding carboxylic acids is 1. The van der Waals surface area contributed by atoms with Gasteiger partial charge in [-0.15, -0.1) is 0 Å². The van der Waals surface area contributed by atoms with Crippen LogP contribution in [0.15, 0.2) is 18.2 Å². The SMILES string of the molecule is CCC(C(=O)O)N1C(=O)C(C)(C)Oc2ccc([N+](=O)[O-])cc21. The van der Waals surface area contributed by atoms with E-state index in [1.54, 1.807) is 6.92 Å². The lowest BCUT2D eigenvalue weighted by Crippen LogP contribution is -2.57. The summed E-state index contributed by atoms with van der Waals surface area (Å²) in [5.74, 6) is -1.48. The summed E-state index contributed by atoms with van der Waals surface area (Å²) >= 11 is 0. The topological polar surface area (TPSA) is 110 Å². The Hall–Kier alpha value is -2.64. The number of carboxylic acids is 1. The highest BCUT2D eigenvalue weighted by molar-refractivity contribution is 6.06. The Morgan fingerprint density at radius 3 is 2.64 bits per heavy atom. The number of nitrogens with zero attached hydrogens (tertiary/aromatic N) is 2. The van der Waals surface area contributed by atoms with Crippen molar-refractivity contribution < 1.29 is 24.4 Å². The molecule has 0 spiro atoms. The first-order valence-corrected chi connectivity index (χ1v) is 6.73. The summed E-state index contributed by atoms with van der Waals surface area (Å²) in [7, 11) is 0. The molecule has 0 aromatic heterocycles. The number of hydrogen-bond acceptors (Lipinski definition) is 5. The third-order valence-corrected chi connectivity index (χ3v) is 3.50. The summed E-state index contributed by atoms with van der Waals surface area (Å²) in [6.07, 6.45) is 0.166. The first-order valence-electron chi connectivity index (χ1n) is 6.73. The van der Waals surface area contributed by atoms with Gasteiger partial charge in [-0.05, 0) is 26.3 Å². The van der Waals surface area contributed by atoms with Crippen LogP contribution in [0.2, 0.25) is 0 Å². The van der Waals surface area contributed by atoms with Gasteiger partial charge in [0.25, 0.3) is 11.6 Å². The van der Waals surface area contributed by atoms with Crippen LogP contribution in [0.4, 0.5) is 11.4 Å². The molecule has 1 amide bonds. The second-order valence-corrected chi connectivity index (χ2v) is 5.46. The summed E-state index contributed by atoms with van der Waals surface area (Å²) in [4.78, 5) is 35.4. The van der Waals surface area contributed by atoms with Crippen LogP contribution < -0.4 is 9.64 Å². The Morgan fingerprint density at radius 1 is 1.50 bits per heavy atom. The van der Waals surface area contributed by atoms with Crippen LogP contribution in [-0.2, 0) is 9.59 Å². The number of carboxylic acid groups (broad SMARTS) is 1. The van der Waals surface area contributed by atoms with Crippen molar-refractivity contribution in [2.45, 2.75) is 38.8 Å². The Balaban J connectivity index is 2.65. The van der Waals surface area contributed by atoms with Crippen LogP contribution in [0.3, 0.4) is 0 Å². The van der Waals surface area contributed by atoms with E-state index in [2.05, 4.69) is 0 Å². The molecule has 0 fully saturated rings. The zero-order valence-corrected chi connectivity index (χ0v) is 12.4. The first kappa shape index (κ1) is 15.7. The highest BCUT2D eigenvalue weighted by Crippen LogP contribution is 2.41. The number of carbonyl (C=O) groups is 2. The summed E-state index contributed by atoms with van der Waals surface area (Å²) in [5.41, 5.74) is -1.38. The third kappa shape index (κ3) is 2.47. The van der Waals surface area contributed by atoms with Gasteiger partial charge >= 0.3 is 5.97 Å². The molecule has 1 aromatic carbocycles. The van der Waals surface area contributed by atoms with Gasteiger partial charge in [0.1, 0.15) is 11.8 Å². The number of ether oxygens (including phenoxy) is 1. The van der Waals surface area contributed by atoms with E-state index in [-0.39, 0.29) is 23.5 Å². The number of nitro benzene ring substituents is 1. The van der Waals surface area contributed by atoms with Crippen LogP contribution in [-0.4, -0.2) is 33.5 Å². The summed E-state index contributed by atoms with van der Waals surface area (Å²) < 4.78 is 5.56. The maximum absolute atomic E-state index is 12.6. The molecular formula is C14H16N2O6. The predicted molar refractivity (Wildman–Crippen MR) is 77.0 cm³/mol. The molecule has 8 nitrogen and oxygen atoms in total. The molecule has 0 saturated carbocycles. The lowest BCUT2D eigenvalue weighted by molar-refractivity contribution is -0.384. The van der Waals surface area contributed by atoms with Gasteiger partial charge < -0.3 is 9.84 Å². The van der Waals surface area contributed by atoms with E-state index in [1.807, 2.05) is 0 Å². The van der Waals surface area contributed by atoms with Crippen molar-refractivity contribution in [3.05, 3.63) is 28.3 Å². The number of hydrogen-bond donors (Lipinski definition) is 1. The molecular weight excluding hydrogens is 292 g/mol. The second-order valence-electron chi connectivity index (χ2n) is 5.46. The van der Waals surface area contributed by atoms with E-state index in [9.17, 15) is 24.8 Å². The third-order valence-electron chi connectivity index (χ3n) is 3.50. The lowest BCUT2D eigenvalue weighted by atomic mass is 10.0. The highest BCUT2D eigenvalue weighted by Gasteiger charge is 2.45. The van der Waals surface area contributed by atoms with Crippen molar-refractivity contribution in [1.82, 2.24) is 0 Å². The molecule has 0 aliphatic carbocycles. The lowest BCUT2D eigenvalue weighted by Gasteiger charge is -2.40.